The number of ether oxygens (including phenoxy) is 6. The first-order valence-electron chi connectivity index (χ1n) is 19.6. The van der Waals surface area contributed by atoms with Crippen LogP contribution in [0.5, 0.6) is 0 Å². The standard InChI is InChI=1S/3C13H20O2S/c3*1-14-13(15-2)12(16-13)10-4-8-3-9(6-10)7-11(12)5-8/h3*8-11H,3-7H2,1-2H3. The highest BCUT2D eigenvalue weighted by atomic mass is 32.2. The van der Waals surface area contributed by atoms with Gasteiger partial charge in [-0.05, 0) is 167 Å². The summed E-state index contributed by atoms with van der Waals surface area (Å²) in [6, 6.07) is 0. The highest BCUT2D eigenvalue weighted by Gasteiger charge is 2.82. The van der Waals surface area contributed by atoms with Crippen molar-refractivity contribution >= 4 is 35.3 Å². The Morgan fingerprint density at radius 2 is 0.458 bits per heavy atom. The first-order valence-corrected chi connectivity index (χ1v) is 22.1. The summed E-state index contributed by atoms with van der Waals surface area (Å²) in [6.07, 6.45) is 21.8. The van der Waals surface area contributed by atoms with Gasteiger partial charge < -0.3 is 28.4 Å². The van der Waals surface area contributed by atoms with Gasteiger partial charge in [0.15, 0.2) is 0 Å². The molecule has 3 saturated heterocycles. The van der Waals surface area contributed by atoms with Crippen molar-refractivity contribution in [3.63, 3.8) is 0 Å². The highest BCUT2D eigenvalue weighted by molar-refractivity contribution is 8.09. The Morgan fingerprint density at radius 3 is 0.583 bits per heavy atom. The summed E-state index contributed by atoms with van der Waals surface area (Å²) in [6.45, 7) is 0. The highest BCUT2D eigenvalue weighted by Crippen LogP contribution is 2.82. The summed E-state index contributed by atoms with van der Waals surface area (Å²) in [4.78, 5) is 0. The molecule has 270 valence electrons. The fraction of sp³-hybridized carbons (Fsp3) is 1.00. The van der Waals surface area contributed by atoms with Crippen molar-refractivity contribution in [2.24, 2.45) is 71.0 Å². The first-order chi connectivity index (χ1) is 23.2. The van der Waals surface area contributed by atoms with E-state index < -0.39 is 0 Å². The Labute approximate surface area is 302 Å². The summed E-state index contributed by atoms with van der Waals surface area (Å²) in [5, 5.41) is -0.846. The number of rotatable bonds is 6. The van der Waals surface area contributed by atoms with Crippen LogP contribution in [0.1, 0.15) is 96.3 Å². The normalized spacial score (nSPS) is 55.9. The lowest BCUT2D eigenvalue weighted by Crippen LogP contribution is -2.54. The minimum atomic E-state index is -0.282. The zero-order valence-electron chi connectivity index (χ0n) is 30.2. The van der Waals surface area contributed by atoms with E-state index in [2.05, 4.69) is 0 Å². The number of hydrogen-bond acceptors (Lipinski definition) is 9. The second kappa shape index (κ2) is 11.2. The monoisotopic (exact) mass is 720 g/mol. The van der Waals surface area contributed by atoms with E-state index in [1.54, 1.807) is 0 Å². The van der Waals surface area contributed by atoms with Crippen molar-refractivity contribution in [2.45, 2.75) is 126 Å². The fourth-order valence-electron chi connectivity index (χ4n) is 15.7. The summed E-state index contributed by atoms with van der Waals surface area (Å²) in [5.41, 5.74) is 0. The largest absolute Gasteiger partial charge is 0.343 e. The summed E-state index contributed by atoms with van der Waals surface area (Å²) in [7, 11) is 10.9. The summed E-state index contributed by atoms with van der Waals surface area (Å²) in [5.74, 6) is 11.4. The molecule has 6 nitrogen and oxygen atoms in total. The molecular formula is C39H60O6S3. The Kier molecular flexibility index (Phi) is 7.77. The molecule has 12 saturated carbocycles. The first kappa shape index (κ1) is 33.4. The predicted molar refractivity (Wildman–Crippen MR) is 192 cm³/mol. The van der Waals surface area contributed by atoms with Crippen LogP contribution in [0.15, 0.2) is 0 Å². The van der Waals surface area contributed by atoms with E-state index in [4.69, 9.17) is 28.4 Å². The molecule has 0 radical (unpaired) electrons. The van der Waals surface area contributed by atoms with E-state index in [0.717, 1.165) is 71.0 Å². The van der Waals surface area contributed by atoms with Gasteiger partial charge in [0.2, 0.25) is 15.4 Å². The minimum absolute atomic E-state index is 0.282. The number of methoxy groups -OCH3 is 6. The molecule has 12 bridgehead atoms. The Bertz CT molecular complexity index is 1040. The van der Waals surface area contributed by atoms with Crippen molar-refractivity contribution < 1.29 is 28.4 Å². The summed E-state index contributed by atoms with van der Waals surface area (Å²) < 4.78 is 35.3. The van der Waals surface area contributed by atoms with Gasteiger partial charge in [-0.25, -0.2) is 0 Å². The van der Waals surface area contributed by atoms with Gasteiger partial charge in [0, 0.05) is 42.7 Å². The van der Waals surface area contributed by atoms with Gasteiger partial charge in [-0.3, -0.25) is 0 Å². The van der Waals surface area contributed by atoms with Gasteiger partial charge in [-0.2, -0.15) is 0 Å². The van der Waals surface area contributed by atoms with E-state index in [9.17, 15) is 0 Å². The van der Waals surface area contributed by atoms with Crippen LogP contribution >= 0.6 is 35.3 Å². The molecule has 3 spiro atoms. The Balaban J connectivity index is 0.0000000923. The molecule has 0 N–H and O–H groups in total. The van der Waals surface area contributed by atoms with Crippen LogP contribution in [0.4, 0.5) is 0 Å². The van der Waals surface area contributed by atoms with Crippen LogP contribution in [0, 0.1) is 71.0 Å². The molecule has 0 aromatic rings. The molecule has 0 unspecified atom stereocenters. The SMILES string of the molecule is COC1(OC)SC12C1CC3CC(C1)CC2C3.COC1(OC)SC12C1CC3CC(C1)CC2C3.COC1(OC)SC12C1CC3CC(C1)CC2C3. The molecule has 15 aliphatic rings. The lowest BCUT2D eigenvalue weighted by molar-refractivity contribution is -0.170. The van der Waals surface area contributed by atoms with Crippen molar-refractivity contribution in [1.82, 2.24) is 0 Å². The molecule has 9 heteroatoms. The van der Waals surface area contributed by atoms with Gasteiger partial charge in [0.05, 0.1) is 14.2 Å². The third-order valence-electron chi connectivity index (χ3n) is 16.9. The molecule has 48 heavy (non-hydrogen) atoms. The third kappa shape index (κ3) is 4.15. The van der Waals surface area contributed by atoms with Crippen molar-refractivity contribution in [3.8, 4) is 0 Å². The smallest absolute Gasteiger partial charge is 0.234 e. The molecule has 15 fully saturated rings. The van der Waals surface area contributed by atoms with E-state index in [1.807, 2.05) is 77.9 Å². The number of thioether (sulfide) groups is 3. The maximum Gasteiger partial charge on any atom is 0.234 e. The zero-order chi connectivity index (χ0) is 32.9. The molecule has 12 aliphatic carbocycles. The maximum absolute atomic E-state index is 5.72. The molecular weight excluding hydrogens is 661 g/mol. The molecule has 0 amide bonds. The molecule has 3 aliphatic heterocycles. The van der Waals surface area contributed by atoms with Crippen LogP contribution in [-0.2, 0) is 28.4 Å². The van der Waals surface area contributed by atoms with Crippen molar-refractivity contribution in [1.29, 1.82) is 0 Å². The second-order valence-corrected chi connectivity index (χ2v) is 22.7. The van der Waals surface area contributed by atoms with Gasteiger partial charge in [0.1, 0.15) is 0 Å². The molecule has 0 atom stereocenters. The Hall–Kier alpha value is 0.810. The van der Waals surface area contributed by atoms with E-state index in [1.165, 1.54) is 96.3 Å². The molecule has 15 rings (SSSR count). The quantitative estimate of drug-likeness (QED) is 0.198. The van der Waals surface area contributed by atoms with Crippen LogP contribution in [0.2, 0.25) is 0 Å². The molecule has 3 heterocycles. The average molecular weight is 721 g/mol. The van der Waals surface area contributed by atoms with Gasteiger partial charge in [0.25, 0.3) is 0 Å². The average Bonchev–Trinajstić information content (AvgIpc) is 4.03. The van der Waals surface area contributed by atoms with Crippen LogP contribution in [0.25, 0.3) is 0 Å². The maximum atomic E-state index is 5.72. The van der Waals surface area contributed by atoms with Crippen LogP contribution < -0.4 is 0 Å². The van der Waals surface area contributed by atoms with Crippen molar-refractivity contribution in [2.75, 3.05) is 42.7 Å². The topological polar surface area (TPSA) is 55.4 Å². The third-order valence-corrected chi connectivity index (χ3v) is 22.9. The lowest BCUT2D eigenvalue weighted by atomic mass is 9.51. The molecule has 0 aromatic carbocycles. The molecule has 0 aromatic heterocycles. The van der Waals surface area contributed by atoms with Crippen LogP contribution in [-0.4, -0.2) is 72.3 Å². The Morgan fingerprint density at radius 1 is 0.292 bits per heavy atom. The zero-order valence-corrected chi connectivity index (χ0v) is 32.7. The van der Waals surface area contributed by atoms with E-state index >= 15 is 0 Å². The predicted octanol–water partition coefficient (Wildman–Crippen LogP) is 8.62. The van der Waals surface area contributed by atoms with Gasteiger partial charge >= 0.3 is 0 Å². The van der Waals surface area contributed by atoms with E-state index in [-0.39, 0.29) is 15.4 Å². The number of hydrogen-bond donors (Lipinski definition) is 0. The van der Waals surface area contributed by atoms with Gasteiger partial charge in [-0.1, -0.05) is 35.3 Å². The fourth-order valence-corrected chi connectivity index (χ4v) is 21.0. The second-order valence-electron chi connectivity index (χ2n) is 18.5. The minimum Gasteiger partial charge on any atom is -0.343 e. The summed E-state index contributed by atoms with van der Waals surface area (Å²) >= 11 is 5.93. The van der Waals surface area contributed by atoms with E-state index in [0.29, 0.717) is 14.2 Å². The lowest BCUT2D eigenvalue weighted by Gasteiger charge is -2.55. The van der Waals surface area contributed by atoms with Crippen LogP contribution in [0.3, 0.4) is 0 Å². The van der Waals surface area contributed by atoms with Gasteiger partial charge in [-0.15, -0.1) is 0 Å². The van der Waals surface area contributed by atoms with Crippen molar-refractivity contribution in [3.05, 3.63) is 0 Å².